The van der Waals surface area contributed by atoms with Crippen LogP contribution in [-0.4, -0.2) is 19.7 Å². The third-order valence-electron chi connectivity index (χ3n) is 4.67. The molecule has 28 heavy (non-hydrogen) atoms. The normalized spacial score (nSPS) is 14.9. The fourth-order valence-electron chi connectivity index (χ4n) is 3.53. The Morgan fingerprint density at radius 2 is 1.86 bits per heavy atom. The van der Waals surface area contributed by atoms with Crippen molar-refractivity contribution in [3.05, 3.63) is 93.8 Å². The van der Waals surface area contributed by atoms with E-state index in [1.807, 2.05) is 42.5 Å². The van der Waals surface area contributed by atoms with E-state index in [-0.39, 0.29) is 0 Å². The number of hydrogen-bond acceptors (Lipinski definition) is 3. The first-order valence-corrected chi connectivity index (χ1v) is 11.2. The average Bonchev–Trinajstić information content (AvgIpc) is 2.78. The molecule has 1 aliphatic carbocycles. The van der Waals surface area contributed by atoms with E-state index >= 15 is 0 Å². The van der Waals surface area contributed by atoms with E-state index in [1.54, 1.807) is 12.3 Å². The van der Waals surface area contributed by atoms with Gasteiger partial charge < -0.3 is 0 Å². The van der Waals surface area contributed by atoms with Crippen LogP contribution in [0.15, 0.2) is 60.8 Å². The Labute approximate surface area is 170 Å². The Kier molecular flexibility index (Phi) is 4.96. The molecule has 2 aromatic carbocycles. The molecule has 3 aromatic rings. The highest BCUT2D eigenvalue weighted by atomic mass is 35.5. The average molecular weight is 411 g/mol. The molecule has 0 unspecified atom stereocenters. The molecule has 4 rings (SSSR count). The van der Waals surface area contributed by atoms with Crippen LogP contribution in [-0.2, 0) is 22.9 Å². The molecule has 1 aliphatic rings. The number of fused-ring (bicyclic) bond motifs is 2. The maximum absolute atomic E-state index is 11.6. The number of rotatable bonds is 3. The maximum atomic E-state index is 11.6. The molecule has 1 aromatic heterocycles. The fraction of sp³-hybridized carbons (Fsp3) is 0.136. The van der Waals surface area contributed by atoms with Gasteiger partial charge >= 0.3 is 0 Å². The number of hydrogen-bond donors (Lipinski definition) is 1. The lowest BCUT2D eigenvalue weighted by molar-refractivity contribution is 0.607. The standard InChI is InChI=1S/C22H19ClN2O2S/c1-28(26,27)25-19-6-2-4-15(12-19)13-21-20-10-9-18(23)14-17(20)8-7-16-5-3-11-24-22(16)21/h2-6,9-14,25H,7-8H2,1H3. The van der Waals surface area contributed by atoms with Gasteiger partial charge in [-0.25, -0.2) is 8.42 Å². The minimum atomic E-state index is -3.33. The molecule has 1 N–H and O–H groups in total. The van der Waals surface area contributed by atoms with Crippen LogP contribution in [0.1, 0.15) is 27.9 Å². The molecule has 0 bridgehead atoms. The first-order valence-electron chi connectivity index (χ1n) is 8.92. The Morgan fingerprint density at radius 1 is 1.04 bits per heavy atom. The van der Waals surface area contributed by atoms with Gasteiger partial charge in [-0.15, -0.1) is 0 Å². The van der Waals surface area contributed by atoms with E-state index in [2.05, 4.69) is 21.8 Å². The molecule has 0 aliphatic heterocycles. The first-order chi connectivity index (χ1) is 13.4. The molecular weight excluding hydrogens is 392 g/mol. The van der Waals surface area contributed by atoms with Crippen LogP contribution >= 0.6 is 11.6 Å². The number of aryl methyl sites for hydroxylation is 2. The summed E-state index contributed by atoms with van der Waals surface area (Å²) in [6.45, 7) is 0. The first kappa shape index (κ1) is 18.7. The largest absolute Gasteiger partial charge is 0.284 e. The van der Waals surface area contributed by atoms with Crippen LogP contribution < -0.4 is 4.72 Å². The molecule has 1 heterocycles. The number of nitrogens with one attached hydrogen (secondary N) is 1. The van der Waals surface area contributed by atoms with Crippen LogP contribution in [0.2, 0.25) is 5.02 Å². The summed E-state index contributed by atoms with van der Waals surface area (Å²) < 4.78 is 25.6. The molecule has 0 amide bonds. The third kappa shape index (κ3) is 4.11. The molecule has 0 saturated carbocycles. The van der Waals surface area contributed by atoms with E-state index < -0.39 is 10.0 Å². The lowest BCUT2D eigenvalue weighted by Crippen LogP contribution is -2.09. The van der Waals surface area contributed by atoms with Gasteiger partial charge in [0.1, 0.15) is 0 Å². The minimum Gasteiger partial charge on any atom is -0.284 e. The Bertz CT molecular complexity index is 1190. The van der Waals surface area contributed by atoms with Gasteiger partial charge in [0.05, 0.1) is 11.9 Å². The second kappa shape index (κ2) is 7.41. The number of sulfonamides is 1. The zero-order chi connectivity index (χ0) is 19.7. The van der Waals surface area contributed by atoms with Gasteiger partial charge in [-0.2, -0.15) is 0 Å². The van der Waals surface area contributed by atoms with Crippen molar-refractivity contribution >= 4 is 39.0 Å². The summed E-state index contributed by atoms with van der Waals surface area (Å²) in [4.78, 5) is 4.65. The monoisotopic (exact) mass is 410 g/mol. The van der Waals surface area contributed by atoms with Crippen LogP contribution in [0.25, 0.3) is 11.6 Å². The molecule has 4 nitrogen and oxygen atoms in total. The summed E-state index contributed by atoms with van der Waals surface area (Å²) in [5, 5.41) is 0.719. The summed E-state index contributed by atoms with van der Waals surface area (Å²) in [6, 6.07) is 17.3. The smallest absolute Gasteiger partial charge is 0.229 e. The highest BCUT2D eigenvalue weighted by Gasteiger charge is 2.19. The molecular formula is C22H19ClN2O2S. The summed E-state index contributed by atoms with van der Waals surface area (Å²) in [6.07, 6.45) is 6.78. The van der Waals surface area contributed by atoms with E-state index in [4.69, 9.17) is 11.6 Å². The van der Waals surface area contributed by atoms with Crippen LogP contribution in [0.4, 0.5) is 5.69 Å². The van der Waals surface area contributed by atoms with Crippen molar-refractivity contribution in [1.29, 1.82) is 0 Å². The predicted molar refractivity (Wildman–Crippen MR) is 115 cm³/mol. The van der Waals surface area contributed by atoms with Crippen molar-refractivity contribution in [2.45, 2.75) is 12.8 Å². The van der Waals surface area contributed by atoms with Crippen molar-refractivity contribution in [2.75, 3.05) is 11.0 Å². The molecule has 6 heteroatoms. The van der Waals surface area contributed by atoms with Gasteiger partial charge in [-0.3, -0.25) is 9.71 Å². The van der Waals surface area contributed by atoms with E-state index in [1.165, 1.54) is 11.1 Å². The maximum Gasteiger partial charge on any atom is 0.229 e. The number of nitrogens with zero attached hydrogens (tertiary/aromatic N) is 1. The molecule has 0 spiro atoms. The number of anilines is 1. The molecule has 142 valence electrons. The second-order valence-electron chi connectivity index (χ2n) is 6.87. The number of benzene rings is 2. The molecule has 0 fully saturated rings. The van der Waals surface area contributed by atoms with Gasteiger partial charge in [0.2, 0.25) is 10.0 Å². The Morgan fingerprint density at radius 3 is 2.68 bits per heavy atom. The molecule has 0 atom stereocenters. The summed E-state index contributed by atoms with van der Waals surface area (Å²) in [5.74, 6) is 0. The van der Waals surface area contributed by atoms with Crippen LogP contribution in [0.5, 0.6) is 0 Å². The Hall–Kier alpha value is -2.63. The van der Waals surface area contributed by atoms with Crippen molar-refractivity contribution in [2.24, 2.45) is 0 Å². The summed E-state index contributed by atoms with van der Waals surface area (Å²) in [5.41, 5.74) is 6.85. The second-order valence-corrected chi connectivity index (χ2v) is 9.06. The molecule has 0 radical (unpaired) electrons. The highest BCUT2D eigenvalue weighted by molar-refractivity contribution is 7.92. The van der Waals surface area contributed by atoms with Gasteiger partial charge in [-0.1, -0.05) is 35.9 Å². The van der Waals surface area contributed by atoms with Gasteiger partial charge in [0.25, 0.3) is 0 Å². The number of aromatic nitrogens is 1. The minimum absolute atomic E-state index is 0.531. The van der Waals surface area contributed by atoms with Gasteiger partial charge in [0.15, 0.2) is 0 Å². The van der Waals surface area contributed by atoms with E-state index in [0.717, 1.165) is 46.5 Å². The quantitative estimate of drug-likeness (QED) is 0.675. The zero-order valence-electron chi connectivity index (χ0n) is 15.3. The predicted octanol–water partition coefficient (Wildman–Crippen LogP) is 4.79. The summed E-state index contributed by atoms with van der Waals surface area (Å²) >= 11 is 6.23. The van der Waals surface area contributed by atoms with Crippen molar-refractivity contribution in [3.63, 3.8) is 0 Å². The highest BCUT2D eigenvalue weighted by Crippen LogP contribution is 2.35. The van der Waals surface area contributed by atoms with Crippen LogP contribution in [0.3, 0.4) is 0 Å². The number of halogens is 1. The summed E-state index contributed by atoms with van der Waals surface area (Å²) in [7, 11) is -3.33. The zero-order valence-corrected chi connectivity index (χ0v) is 16.9. The van der Waals surface area contributed by atoms with Crippen molar-refractivity contribution in [3.8, 4) is 0 Å². The SMILES string of the molecule is CS(=O)(=O)Nc1cccc(C=C2c3ccc(Cl)cc3CCc3cccnc32)c1. The van der Waals surface area contributed by atoms with Crippen molar-refractivity contribution < 1.29 is 8.42 Å². The van der Waals surface area contributed by atoms with Crippen molar-refractivity contribution in [1.82, 2.24) is 4.98 Å². The lowest BCUT2D eigenvalue weighted by Gasteiger charge is -2.12. The number of pyridine rings is 1. The topological polar surface area (TPSA) is 59.1 Å². The van der Waals surface area contributed by atoms with Gasteiger partial charge in [0, 0.05) is 22.5 Å². The van der Waals surface area contributed by atoms with E-state index in [0.29, 0.717) is 5.69 Å². The van der Waals surface area contributed by atoms with E-state index in [9.17, 15) is 8.42 Å². The fourth-order valence-corrected chi connectivity index (χ4v) is 4.28. The molecule has 0 saturated heterocycles. The Balaban J connectivity index is 1.88. The third-order valence-corrected chi connectivity index (χ3v) is 5.51. The van der Waals surface area contributed by atoms with Gasteiger partial charge in [-0.05, 0) is 71.5 Å². The lowest BCUT2D eigenvalue weighted by atomic mass is 9.95. The van der Waals surface area contributed by atoms with Crippen LogP contribution in [0, 0.1) is 0 Å².